The molecule has 0 spiro atoms. The number of amides is 2. The molecule has 1 atom stereocenters. The summed E-state index contributed by atoms with van der Waals surface area (Å²) in [6, 6.07) is 11.4. The predicted molar refractivity (Wildman–Crippen MR) is 159 cm³/mol. The van der Waals surface area contributed by atoms with Crippen LogP contribution in [0.5, 0.6) is 0 Å². The minimum absolute atomic E-state index is 0.0650. The summed E-state index contributed by atoms with van der Waals surface area (Å²) in [6.45, 7) is 7.49. The van der Waals surface area contributed by atoms with Crippen molar-refractivity contribution < 1.29 is 18.0 Å². The van der Waals surface area contributed by atoms with Crippen molar-refractivity contribution in [3.8, 4) is 0 Å². The van der Waals surface area contributed by atoms with E-state index < -0.39 is 28.5 Å². The Morgan fingerprint density at radius 3 is 2.15 bits per heavy atom. The highest BCUT2D eigenvalue weighted by atomic mass is 35.5. The van der Waals surface area contributed by atoms with Crippen molar-refractivity contribution in [2.75, 3.05) is 17.1 Å². The number of hydrogen-bond acceptors (Lipinski definition) is 4. The highest BCUT2D eigenvalue weighted by Crippen LogP contribution is 2.27. The molecule has 0 bridgehead atoms. The number of anilines is 1. The second-order valence-electron chi connectivity index (χ2n) is 11.4. The van der Waals surface area contributed by atoms with Gasteiger partial charge in [-0.2, -0.15) is 0 Å². The molecule has 2 aromatic rings. The van der Waals surface area contributed by atoms with Crippen LogP contribution < -0.4 is 9.62 Å². The standard InChI is InChI=1S/C29H39Cl2N3O4S/c1-20(28(36)32-23-9-7-6-8-10-23)33(18-21-11-16-25(30)26(31)17-21)27(35)19-34(39(5,37)38)24-14-12-22(13-15-24)29(2,3)4/h11-17,20,23H,6-10,18-19H2,1-5H3,(H,32,36)/t20-/m1/s1. The Labute approximate surface area is 242 Å². The molecule has 2 amide bonds. The Kier molecular flexibility index (Phi) is 10.3. The molecule has 0 saturated heterocycles. The fourth-order valence-corrected chi connectivity index (χ4v) is 5.90. The minimum Gasteiger partial charge on any atom is -0.352 e. The summed E-state index contributed by atoms with van der Waals surface area (Å²) in [7, 11) is -3.80. The number of benzene rings is 2. The normalized spacial score (nSPS) is 15.5. The smallest absolute Gasteiger partial charge is 0.244 e. The molecule has 214 valence electrons. The van der Waals surface area contributed by atoms with Gasteiger partial charge in [0.1, 0.15) is 12.6 Å². The molecule has 0 unspecified atom stereocenters. The molecule has 1 fully saturated rings. The fraction of sp³-hybridized carbons (Fsp3) is 0.517. The monoisotopic (exact) mass is 595 g/mol. The van der Waals surface area contributed by atoms with Crippen molar-refractivity contribution in [3.05, 3.63) is 63.6 Å². The Hall–Kier alpha value is -2.29. The van der Waals surface area contributed by atoms with Crippen LogP contribution in [0.3, 0.4) is 0 Å². The molecule has 39 heavy (non-hydrogen) atoms. The summed E-state index contributed by atoms with van der Waals surface area (Å²) in [5.74, 6) is -0.770. The van der Waals surface area contributed by atoms with Crippen LogP contribution in [-0.4, -0.2) is 50.0 Å². The molecule has 1 N–H and O–H groups in total. The van der Waals surface area contributed by atoms with E-state index in [1.54, 1.807) is 37.3 Å². The summed E-state index contributed by atoms with van der Waals surface area (Å²) in [4.78, 5) is 28.4. The highest BCUT2D eigenvalue weighted by Gasteiger charge is 2.31. The van der Waals surface area contributed by atoms with E-state index in [-0.39, 0.29) is 23.9 Å². The lowest BCUT2D eigenvalue weighted by molar-refractivity contribution is -0.139. The molecule has 0 radical (unpaired) electrons. The molecular weight excluding hydrogens is 557 g/mol. The van der Waals surface area contributed by atoms with Gasteiger partial charge in [0.25, 0.3) is 0 Å². The Morgan fingerprint density at radius 1 is 1.00 bits per heavy atom. The number of carbonyl (C=O) groups is 2. The first-order chi connectivity index (χ1) is 18.2. The lowest BCUT2D eigenvalue weighted by atomic mass is 9.87. The number of rotatable bonds is 9. The van der Waals surface area contributed by atoms with Gasteiger partial charge in [-0.3, -0.25) is 13.9 Å². The van der Waals surface area contributed by atoms with E-state index in [9.17, 15) is 18.0 Å². The van der Waals surface area contributed by atoms with Crippen molar-refractivity contribution in [2.45, 2.75) is 83.8 Å². The lowest BCUT2D eigenvalue weighted by Crippen LogP contribution is -2.53. The maximum atomic E-state index is 13.8. The quantitative estimate of drug-likeness (QED) is 0.389. The zero-order chi connectivity index (χ0) is 29.0. The summed E-state index contributed by atoms with van der Waals surface area (Å²) < 4.78 is 26.7. The molecule has 0 aromatic heterocycles. The lowest BCUT2D eigenvalue weighted by Gasteiger charge is -2.33. The van der Waals surface area contributed by atoms with E-state index in [0.29, 0.717) is 21.3 Å². The number of halogens is 2. The van der Waals surface area contributed by atoms with Crippen LogP contribution in [-0.2, 0) is 31.6 Å². The second kappa shape index (κ2) is 12.9. The summed E-state index contributed by atoms with van der Waals surface area (Å²) in [5.41, 5.74) is 1.99. The van der Waals surface area contributed by atoms with Crippen molar-refractivity contribution in [2.24, 2.45) is 0 Å². The Morgan fingerprint density at radius 2 is 1.62 bits per heavy atom. The Balaban J connectivity index is 1.89. The van der Waals surface area contributed by atoms with Crippen molar-refractivity contribution in [1.82, 2.24) is 10.2 Å². The van der Waals surface area contributed by atoms with Gasteiger partial charge in [-0.05, 0) is 60.6 Å². The van der Waals surface area contributed by atoms with E-state index >= 15 is 0 Å². The molecular formula is C29H39Cl2N3O4S. The third kappa shape index (κ3) is 8.60. The van der Waals surface area contributed by atoms with E-state index in [0.717, 1.165) is 48.2 Å². The first-order valence-electron chi connectivity index (χ1n) is 13.3. The van der Waals surface area contributed by atoms with Crippen LogP contribution in [0.4, 0.5) is 5.69 Å². The van der Waals surface area contributed by atoms with Gasteiger partial charge in [0, 0.05) is 12.6 Å². The van der Waals surface area contributed by atoms with Crippen LogP contribution in [0.25, 0.3) is 0 Å². The number of nitrogens with zero attached hydrogens (tertiary/aromatic N) is 2. The van der Waals surface area contributed by atoms with E-state index in [4.69, 9.17) is 23.2 Å². The summed E-state index contributed by atoms with van der Waals surface area (Å²) >= 11 is 12.3. The van der Waals surface area contributed by atoms with Crippen molar-refractivity contribution in [3.63, 3.8) is 0 Å². The van der Waals surface area contributed by atoms with Crippen LogP contribution in [0.2, 0.25) is 10.0 Å². The first-order valence-corrected chi connectivity index (χ1v) is 15.9. The molecule has 1 saturated carbocycles. The number of sulfonamides is 1. The molecule has 0 aliphatic heterocycles. The number of nitrogens with one attached hydrogen (secondary N) is 1. The van der Waals surface area contributed by atoms with Crippen LogP contribution in [0.1, 0.15) is 70.9 Å². The zero-order valence-electron chi connectivity index (χ0n) is 23.3. The Bertz CT molecular complexity index is 1270. The van der Waals surface area contributed by atoms with Gasteiger partial charge < -0.3 is 10.2 Å². The van der Waals surface area contributed by atoms with Crippen LogP contribution >= 0.6 is 23.2 Å². The largest absolute Gasteiger partial charge is 0.352 e. The topological polar surface area (TPSA) is 86.8 Å². The van der Waals surface area contributed by atoms with Gasteiger partial charge in [-0.15, -0.1) is 0 Å². The SMILES string of the molecule is C[C@H](C(=O)NC1CCCCC1)N(Cc1ccc(Cl)c(Cl)c1)C(=O)CN(c1ccc(C(C)(C)C)cc1)S(C)(=O)=O. The predicted octanol–water partition coefficient (Wildman–Crippen LogP) is 5.92. The van der Waals surface area contributed by atoms with Gasteiger partial charge in [0.15, 0.2) is 0 Å². The minimum atomic E-state index is -3.80. The van der Waals surface area contributed by atoms with Crippen LogP contribution in [0.15, 0.2) is 42.5 Å². The second-order valence-corrected chi connectivity index (χ2v) is 14.1. The van der Waals surface area contributed by atoms with Gasteiger partial charge in [-0.1, -0.05) is 81.4 Å². The number of hydrogen-bond donors (Lipinski definition) is 1. The average Bonchev–Trinajstić information content (AvgIpc) is 2.87. The molecule has 1 aliphatic carbocycles. The molecule has 10 heteroatoms. The maximum Gasteiger partial charge on any atom is 0.244 e. The maximum absolute atomic E-state index is 13.8. The molecule has 0 heterocycles. The fourth-order valence-electron chi connectivity index (χ4n) is 4.73. The van der Waals surface area contributed by atoms with Gasteiger partial charge in [0.05, 0.1) is 22.0 Å². The highest BCUT2D eigenvalue weighted by molar-refractivity contribution is 7.92. The average molecular weight is 597 g/mol. The van der Waals surface area contributed by atoms with E-state index in [2.05, 4.69) is 26.1 Å². The first kappa shape index (κ1) is 31.2. The number of carbonyl (C=O) groups excluding carboxylic acids is 2. The van der Waals surface area contributed by atoms with Gasteiger partial charge in [0.2, 0.25) is 21.8 Å². The third-order valence-electron chi connectivity index (χ3n) is 7.16. The third-order valence-corrected chi connectivity index (χ3v) is 9.04. The zero-order valence-corrected chi connectivity index (χ0v) is 25.7. The van der Waals surface area contributed by atoms with Crippen LogP contribution in [0, 0.1) is 0 Å². The van der Waals surface area contributed by atoms with Gasteiger partial charge >= 0.3 is 0 Å². The molecule has 2 aromatic carbocycles. The molecule has 1 aliphatic rings. The molecule has 3 rings (SSSR count). The van der Waals surface area contributed by atoms with E-state index in [1.807, 2.05) is 12.1 Å². The van der Waals surface area contributed by atoms with Crippen molar-refractivity contribution >= 4 is 50.7 Å². The van der Waals surface area contributed by atoms with Crippen molar-refractivity contribution in [1.29, 1.82) is 0 Å². The summed E-state index contributed by atoms with van der Waals surface area (Å²) in [5, 5.41) is 3.79. The summed E-state index contributed by atoms with van der Waals surface area (Å²) in [6.07, 6.45) is 6.16. The molecule has 7 nitrogen and oxygen atoms in total. The van der Waals surface area contributed by atoms with Gasteiger partial charge in [-0.25, -0.2) is 8.42 Å². The van der Waals surface area contributed by atoms with E-state index in [1.165, 1.54) is 4.90 Å².